The maximum absolute atomic E-state index is 10.5. The minimum Gasteiger partial charge on any atom is -0.497 e. The molecule has 1 heterocycles. The summed E-state index contributed by atoms with van der Waals surface area (Å²) in [7, 11) is 1.65. The summed E-state index contributed by atoms with van der Waals surface area (Å²) in [5.74, 6) is 0.780. The van der Waals surface area contributed by atoms with Gasteiger partial charge in [0.15, 0.2) is 0 Å². The van der Waals surface area contributed by atoms with Crippen LogP contribution >= 0.6 is 11.8 Å². The van der Waals surface area contributed by atoms with Crippen molar-refractivity contribution in [2.45, 2.75) is 54.6 Å². The van der Waals surface area contributed by atoms with E-state index in [4.69, 9.17) is 23.7 Å². The molecule has 0 aromatic heterocycles. The van der Waals surface area contributed by atoms with Crippen molar-refractivity contribution in [1.29, 1.82) is 0 Å². The second-order valence-corrected chi connectivity index (χ2v) is 11.0. The van der Waals surface area contributed by atoms with E-state index in [1.807, 2.05) is 115 Å². The zero-order chi connectivity index (χ0) is 28.3. The molecule has 4 aromatic carbocycles. The maximum atomic E-state index is 10.5. The lowest BCUT2D eigenvalue weighted by molar-refractivity contribution is -0.251. The largest absolute Gasteiger partial charge is 0.497 e. The smallest absolute Gasteiger partial charge is 0.137 e. The second kappa shape index (κ2) is 15.2. The predicted molar refractivity (Wildman–Crippen MR) is 160 cm³/mol. The van der Waals surface area contributed by atoms with E-state index in [-0.39, 0.29) is 6.61 Å². The first-order chi connectivity index (χ1) is 20.2. The highest BCUT2D eigenvalue weighted by Gasteiger charge is 2.48. The van der Waals surface area contributed by atoms with Gasteiger partial charge >= 0.3 is 0 Å². The topological polar surface area (TPSA) is 66.4 Å². The van der Waals surface area contributed by atoms with Crippen LogP contribution < -0.4 is 4.74 Å². The number of aliphatic hydroxyl groups is 1. The minimum atomic E-state index is -0.605. The van der Waals surface area contributed by atoms with E-state index < -0.39 is 29.9 Å². The molecule has 0 spiro atoms. The number of benzene rings is 4. The highest BCUT2D eigenvalue weighted by Crippen LogP contribution is 2.38. The lowest BCUT2D eigenvalue weighted by Crippen LogP contribution is -2.60. The number of thioether (sulfide) groups is 1. The van der Waals surface area contributed by atoms with Gasteiger partial charge < -0.3 is 28.8 Å². The standard InChI is InChI=1S/C34H36O6S/c1-36-28-17-19-29(20-18-28)41-34-33(39-24-27-15-9-4-10-16-27)32(38-23-26-13-7-3-8-14-26)31(30(21-35)40-34)37-22-25-11-5-2-6-12-25/h2-20,30-35H,21-24H2,1H3/t30-,31-,32+,33-,34+/m1/s1. The van der Waals surface area contributed by atoms with Gasteiger partial charge in [-0.15, -0.1) is 0 Å². The molecule has 5 atom stereocenters. The molecule has 4 aromatic rings. The van der Waals surface area contributed by atoms with E-state index in [1.54, 1.807) is 7.11 Å². The zero-order valence-corrected chi connectivity index (χ0v) is 23.9. The van der Waals surface area contributed by atoms with Crippen molar-refractivity contribution in [2.75, 3.05) is 13.7 Å². The molecule has 214 valence electrons. The Labute approximate surface area is 246 Å². The Hall–Kier alpha value is -3.17. The van der Waals surface area contributed by atoms with Crippen molar-refractivity contribution in [3.63, 3.8) is 0 Å². The van der Waals surface area contributed by atoms with Crippen molar-refractivity contribution in [3.8, 4) is 5.75 Å². The first-order valence-corrected chi connectivity index (χ1v) is 14.6. The Morgan fingerprint density at radius 2 is 1.07 bits per heavy atom. The number of aliphatic hydroxyl groups excluding tert-OH is 1. The van der Waals surface area contributed by atoms with Gasteiger partial charge in [-0.3, -0.25) is 0 Å². The van der Waals surface area contributed by atoms with E-state index in [0.29, 0.717) is 19.8 Å². The molecule has 41 heavy (non-hydrogen) atoms. The molecule has 0 unspecified atom stereocenters. The molecule has 7 heteroatoms. The van der Waals surface area contributed by atoms with Crippen molar-refractivity contribution in [3.05, 3.63) is 132 Å². The molecule has 1 fully saturated rings. The van der Waals surface area contributed by atoms with Crippen molar-refractivity contribution >= 4 is 11.8 Å². The second-order valence-electron chi connectivity index (χ2n) is 9.80. The fourth-order valence-electron chi connectivity index (χ4n) is 4.78. The van der Waals surface area contributed by atoms with Crippen LogP contribution in [0.4, 0.5) is 0 Å². The monoisotopic (exact) mass is 572 g/mol. The Morgan fingerprint density at radius 3 is 1.54 bits per heavy atom. The molecule has 6 nitrogen and oxygen atoms in total. The van der Waals surface area contributed by atoms with Gasteiger partial charge in [-0.2, -0.15) is 0 Å². The summed E-state index contributed by atoms with van der Waals surface area (Å²) in [5.41, 5.74) is 2.67. The zero-order valence-electron chi connectivity index (χ0n) is 23.1. The molecule has 0 radical (unpaired) electrons. The summed E-state index contributed by atoms with van der Waals surface area (Å²) in [6.07, 6.45) is -2.16. The molecule has 1 N–H and O–H groups in total. The van der Waals surface area contributed by atoms with Crippen LogP contribution in [-0.4, -0.2) is 48.7 Å². The molecule has 5 rings (SSSR count). The highest BCUT2D eigenvalue weighted by atomic mass is 32.2. The Balaban J connectivity index is 1.44. The normalized spacial score (nSPS) is 22.3. The van der Waals surface area contributed by atoms with Gasteiger partial charge in [0.2, 0.25) is 0 Å². The first-order valence-electron chi connectivity index (χ1n) is 13.8. The van der Waals surface area contributed by atoms with Crippen LogP contribution in [0.1, 0.15) is 16.7 Å². The third-order valence-electron chi connectivity index (χ3n) is 6.94. The fraction of sp³-hybridized carbons (Fsp3) is 0.294. The average molecular weight is 573 g/mol. The van der Waals surface area contributed by atoms with Gasteiger partial charge in [0.1, 0.15) is 35.6 Å². The fourth-order valence-corrected chi connectivity index (χ4v) is 5.90. The summed E-state index contributed by atoms with van der Waals surface area (Å²) >= 11 is 1.54. The van der Waals surface area contributed by atoms with E-state index in [1.165, 1.54) is 11.8 Å². The van der Waals surface area contributed by atoms with Crippen molar-refractivity contribution < 1.29 is 28.8 Å². The first kappa shape index (κ1) is 29.3. The Kier molecular flexibility index (Phi) is 10.9. The molecule has 0 amide bonds. The van der Waals surface area contributed by atoms with Gasteiger partial charge in [-0.05, 0) is 41.0 Å². The number of hydrogen-bond acceptors (Lipinski definition) is 7. The van der Waals surface area contributed by atoms with Crippen LogP contribution in [0.3, 0.4) is 0 Å². The van der Waals surface area contributed by atoms with Crippen LogP contribution in [0.2, 0.25) is 0 Å². The van der Waals surface area contributed by atoms with Gasteiger partial charge in [-0.25, -0.2) is 0 Å². The van der Waals surface area contributed by atoms with Crippen LogP contribution in [-0.2, 0) is 38.8 Å². The lowest BCUT2D eigenvalue weighted by atomic mass is 9.99. The predicted octanol–water partition coefficient (Wildman–Crippen LogP) is 6.26. The molecular weight excluding hydrogens is 536 g/mol. The summed E-state index contributed by atoms with van der Waals surface area (Å²) in [5, 5.41) is 10.5. The quantitative estimate of drug-likeness (QED) is 0.203. The molecule has 0 aliphatic carbocycles. The molecular formula is C34H36O6S. The van der Waals surface area contributed by atoms with Crippen LogP contribution in [0.5, 0.6) is 5.75 Å². The third kappa shape index (κ3) is 8.20. The molecule has 1 aliphatic rings. The SMILES string of the molecule is COc1ccc(S[C@@H]2O[C@H](CO)[C@@H](OCc3ccccc3)[C@H](OCc3ccccc3)[C@H]2OCc2ccccc2)cc1. The summed E-state index contributed by atoms with van der Waals surface area (Å²) in [6, 6.07) is 37.9. The summed E-state index contributed by atoms with van der Waals surface area (Å²) in [6.45, 7) is 0.906. The van der Waals surface area contributed by atoms with Gasteiger partial charge in [0, 0.05) is 4.90 Å². The van der Waals surface area contributed by atoms with Crippen molar-refractivity contribution in [2.24, 2.45) is 0 Å². The minimum absolute atomic E-state index is 0.213. The lowest BCUT2D eigenvalue weighted by Gasteiger charge is -2.45. The van der Waals surface area contributed by atoms with Crippen LogP contribution in [0.25, 0.3) is 0 Å². The number of hydrogen-bond donors (Lipinski definition) is 1. The van der Waals surface area contributed by atoms with E-state index in [0.717, 1.165) is 27.3 Å². The van der Waals surface area contributed by atoms with Gasteiger partial charge in [-0.1, -0.05) is 103 Å². The molecule has 0 bridgehead atoms. The van der Waals surface area contributed by atoms with E-state index >= 15 is 0 Å². The van der Waals surface area contributed by atoms with Crippen molar-refractivity contribution in [1.82, 2.24) is 0 Å². The Bertz CT molecular complexity index is 1290. The van der Waals surface area contributed by atoms with E-state index in [9.17, 15) is 5.11 Å². The summed E-state index contributed by atoms with van der Waals surface area (Å²) < 4.78 is 31.6. The molecule has 1 aliphatic heterocycles. The molecule has 1 saturated heterocycles. The number of methoxy groups -OCH3 is 1. The van der Waals surface area contributed by atoms with E-state index in [2.05, 4.69) is 0 Å². The molecule has 0 saturated carbocycles. The summed E-state index contributed by atoms with van der Waals surface area (Å²) in [4.78, 5) is 0.992. The number of rotatable bonds is 13. The van der Waals surface area contributed by atoms with Crippen LogP contribution in [0.15, 0.2) is 120 Å². The van der Waals surface area contributed by atoms with Gasteiger partial charge in [0.25, 0.3) is 0 Å². The maximum Gasteiger partial charge on any atom is 0.137 e. The van der Waals surface area contributed by atoms with Gasteiger partial charge in [0.05, 0.1) is 33.5 Å². The van der Waals surface area contributed by atoms with Crippen LogP contribution in [0, 0.1) is 0 Å². The highest BCUT2D eigenvalue weighted by molar-refractivity contribution is 7.99. The number of ether oxygens (including phenoxy) is 5. The third-order valence-corrected chi connectivity index (χ3v) is 8.09. The Morgan fingerprint density at radius 1 is 0.610 bits per heavy atom. The average Bonchev–Trinajstić information content (AvgIpc) is 3.04.